The van der Waals surface area contributed by atoms with Gasteiger partial charge in [-0.3, -0.25) is 9.78 Å². The Bertz CT molecular complexity index is 1010. The second-order valence-electron chi connectivity index (χ2n) is 7.02. The molecule has 1 amide bonds. The Morgan fingerprint density at radius 1 is 1.11 bits per heavy atom. The van der Waals surface area contributed by atoms with Crippen molar-refractivity contribution < 1.29 is 9.53 Å². The number of aromatic nitrogens is 1. The SMILES string of the molecule is C#CCC(=O)N1CCC(Oc2ccc(-c3cnc4ccccc4c3)cc2)CC1. The van der Waals surface area contributed by atoms with Crippen molar-refractivity contribution in [1.29, 1.82) is 0 Å². The van der Waals surface area contributed by atoms with Crippen molar-refractivity contribution in [1.82, 2.24) is 9.88 Å². The monoisotopic (exact) mass is 370 g/mol. The number of hydrogen-bond acceptors (Lipinski definition) is 3. The van der Waals surface area contributed by atoms with Crippen LogP contribution < -0.4 is 4.74 Å². The molecule has 0 spiro atoms. The molecule has 0 N–H and O–H groups in total. The van der Waals surface area contributed by atoms with Crippen molar-refractivity contribution in [3.63, 3.8) is 0 Å². The van der Waals surface area contributed by atoms with Gasteiger partial charge in [0, 0.05) is 43.1 Å². The minimum Gasteiger partial charge on any atom is -0.490 e. The lowest BCUT2D eigenvalue weighted by molar-refractivity contribution is -0.131. The smallest absolute Gasteiger partial charge is 0.234 e. The number of terminal acetylenes is 1. The first-order valence-electron chi connectivity index (χ1n) is 9.56. The van der Waals surface area contributed by atoms with Crippen LogP contribution in [0.15, 0.2) is 60.8 Å². The van der Waals surface area contributed by atoms with E-state index in [1.54, 1.807) is 0 Å². The summed E-state index contributed by atoms with van der Waals surface area (Å²) in [5, 5.41) is 1.13. The molecule has 1 fully saturated rings. The zero-order chi connectivity index (χ0) is 19.3. The van der Waals surface area contributed by atoms with Crippen molar-refractivity contribution >= 4 is 16.8 Å². The summed E-state index contributed by atoms with van der Waals surface area (Å²) in [6, 6.07) is 18.4. The fourth-order valence-corrected chi connectivity index (χ4v) is 3.57. The third kappa shape index (κ3) is 3.99. The van der Waals surface area contributed by atoms with Crippen LogP contribution in [0.2, 0.25) is 0 Å². The van der Waals surface area contributed by atoms with E-state index in [0.29, 0.717) is 13.1 Å². The fourth-order valence-electron chi connectivity index (χ4n) is 3.57. The number of likely N-dealkylation sites (tertiary alicyclic amines) is 1. The molecule has 2 aromatic carbocycles. The van der Waals surface area contributed by atoms with E-state index in [-0.39, 0.29) is 18.4 Å². The molecular weight excluding hydrogens is 348 g/mol. The molecule has 3 aromatic rings. The van der Waals surface area contributed by atoms with Crippen LogP contribution in [0, 0.1) is 12.3 Å². The lowest BCUT2D eigenvalue weighted by Crippen LogP contribution is -2.41. The minimum atomic E-state index is 0.0364. The van der Waals surface area contributed by atoms with Crippen LogP contribution in [-0.2, 0) is 4.79 Å². The van der Waals surface area contributed by atoms with Gasteiger partial charge in [-0.05, 0) is 29.8 Å². The molecule has 0 atom stereocenters. The quantitative estimate of drug-likeness (QED) is 0.643. The summed E-state index contributed by atoms with van der Waals surface area (Å²) in [6.07, 6.45) is 9.08. The van der Waals surface area contributed by atoms with Crippen LogP contribution in [0.1, 0.15) is 19.3 Å². The number of amides is 1. The number of carbonyl (C=O) groups excluding carboxylic acids is 1. The van der Waals surface area contributed by atoms with Crippen molar-refractivity contribution in [3.05, 3.63) is 60.8 Å². The van der Waals surface area contributed by atoms with Gasteiger partial charge in [0.2, 0.25) is 5.91 Å². The maximum Gasteiger partial charge on any atom is 0.234 e. The molecule has 0 bridgehead atoms. The zero-order valence-corrected chi connectivity index (χ0v) is 15.7. The summed E-state index contributed by atoms with van der Waals surface area (Å²) < 4.78 is 6.11. The summed E-state index contributed by atoms with van der Waals surface area (Å²) in [6.45, 7) is 1.40. The van der Waals surface area contributed by atoms with Crippen LogP contribution in [0.3, 0.4) is 0 Å². The molecule has 4 heteroatoms. The molecule has 1 saturated heterocycles. The Balaban J connectivity index is 1.38. The Labute approximate surface area is 165 Å². The first kappa shape index (κ1) is 18.1. The number of hydrogen-bond donors (Lipinski definition) is 0. The third-order valence-electron chi connectivity index (χ3n) is 5.13. The van der Waals surface area contributed by atoms with E-state index in [2.05, 4.69) is 35.2 Å². The van der Waals surface area contributed by atoms with E-state index in [9.17, 15) is 4.79 Å². The Hall–Kier alpha value is -3.32. The van der Waals surface area contributed by atoms with Gasteiger partial charge >= 0.3 is 0 Å². The highest BCUT2D eigenvalue weighted by Gasteiger charge is 2.23. The molecule has 0 radical (unpaired) electrons. The van der Waals surface area contributed by atoms with Gasteiger partial charge in [0.25, 0.3) is 0 Å². The lowest BCUT2D eigenvalue weighted by atomic mass is 10.0. The van der Waals surface area contributed by atoms with Gasteiger partial charge in [0.15, 0.2) is 0 Å². The second kappa shape index (κ2) is 8.14. The van der Waals surface area contributed by atoms with Gasteiger partial charge in [0.1, 0.15) is 11.9 Å². The average molecular weight is 370 g/mol. The number of benzene rings is 2. The predicted molar refractivity (Wildman–Crippen MR) is 111 cm³/mol. The largest absolute Gasteiger partial charge is 0.490 e. The van der Waals surface area contributed by atoms with E-state index in [1.165, 1.54) is 0 Å². The zero-order valence-electron chi connectivity index (χ0n) is 15.7. The fraction of sp³-hybridized carbons (Fsp3) is 0.250. The van der Waals surface area contributed by atoms with E-state index in [4.69, 9.17) is 11.2 Å². The van der Waals surface area contributed by atoms with Crippen molar-refractivity contribution in [3.8, 4) is 29.2 Å². The van der Waals surface area contributed by atoms with Gasteiger partial charge in [-0.15, -0.1) is 6.42 Å². The molecule has 2 heterocycles. The van der Waals surface area contributed by atoms with Crippen LogP contribution in [0.4, 0.5) is 0 Å². The first-order chi connectivity index (χ1) is 13.7. The highest BCUT2D eigenvalue weighted by Crippen LogP contribution is 2.26. The van der Waals surface area contributed by atoms with Crippen molar-refractivity contribution in [2.24, 2.45) is 0 Å². The van der Waals surface area contributed by atoms with Crippen LogP contribution >= 0.6 is 0 Å². The molecule has 1 aliphatic rings. The van der Waals surface area contributed by atoms with Gasteiger partial charge in [0.05, 0.1) is 11.9 Å². The molecule has 0 saturated carbocycles. The summed E-state index contributed by atoms with van der Waals surface area (Å²) in [5.74, 6) is 3.31. The summed E-state index contributed by atoms with van der Waals surface area (Å²) in [4.78, 5) is 18.2. The van der Waals surface area contributed by atoms with E-state index >= 15 is 0 Å². The Kier molecular flexibility index (Phi) is 5.25. The van der Waals surface area contributed by atoms with Crippen LogP contribution in [0.5, 0.6) is 5.75 Å². The molecule has 0 unspecified atom stereocenters. The number of carbonyl (C=O) groups is 1. The molecule has 4 nitrogen and oxygen atoms in total. The number of fused-ring (bicyclic) bond motifs is 1. The third-order valence-corrected chi connectivity index (χ3v) is 5.13. The molecular formula is C24H22N2O2. The number of piperidine rings is 1. The van der Waals surface area contributed by atoms with Crippen LogP contribution in [0.25, 0.3) is 22.0 Å². The van der Waals surface area contributed by atoms with Gasteiger partial charge < -0.3 is 9.64 Å². The second-order valence-corrected chi connectivity index (χ2v) is 7.02. The van der Waals surface area contributed by atoms with Crippen molar-refractivity contribution in [2.45, 2.75) is 25.4 Å². The van der Waals surface area contributed by atoms with E-state index < -0.39 is 0 Å². The molecule has 1 aliphatic heterocycles. The normalized spacial score (nSPS) is 14.6. The molecule has 4 rings (SSSR count). The highest BCUT2D eigenvalue weighted by molar-refractivity contribution is 5.83. The van der Waals surface area contributed by atoms with Gasteiger partial charge in [-0.25, -0.2) is 0 Å². The summed E-state index contributed by atoms with van der Waals surface area (Å²) in [5.41, 5.74) is 3.20. The molecule has 140 valence electrons. The molecule has 1 aromatic heterocycles. The van der Waals surface area contributed by atoms with Crippen LogP contribution in [-0.4, -0.2) is 35.0 Å². The van der Waals surface area contributed by atoms with Crippen molar-refractivity contribution in [2.75, 3.05) is 13.1 Å². The number of pyridine rings is 1. The topological polar surface area (TPSA) is 42.4 Å². The average Bonchev–Trinajstić information content (AvgIpc) is 2.75. The van der Waals surface area contributed by atoms with E-state index in [0.717, 1.165) is 40.6 Å². The lowest BCUT2D eigenvalue weighted by Gasteiger charge is -2.32. The maximum absolute atomic E-state index is 11.9. The Morgan fingerprint density at radius 3 is 2.61 bits per heavy atom. The molecule has 0 aliphatic carbocycles. The first-order valence-corrected chi connectivity index (χ1v) is 9.56. The highest BCUT2D eigenvalue weighted by atomic mass is 16.5. The Morgan fingerprint density at radius 2 is 1.86 bits per heavy atom. The maximum atomic E-state index is 11.9. The number of nitrogens with zero attached hydrogens (tertiary/aromatic N) is 2. The standard InChI is InChI=1S/C24H22N2O2/c1-2-5-24(27)26-14-12-22(13-15-26)28-21-10-8-18(9-11-21)20-16-19-6-3-4-7-23(19)25-17-20/h1,3-4,6-11,16-17,22H,5,12-15H2. The van der Waals surface area contributed by atoms with E-state index in [1.807, 2.05) is 41.4 Å². The minimum absolute atomic E-state index is 0.0364. The predicted octanol–water partition coefficient (Wildman–Crippen LogP) is 4.29. The van der Waals surface area contributed by atoms with Gasteiger partial charge in [-0.1, -0.05) is 36.3 Å². The number of rotatable bonds is 4. The number of para-hydroxylation sites is 1. The van der Waals surface area contributed by atoms with Gasteiger partial charge in [-0.2, -0.15) is 0 Å². The number of ether oxygens (including phenoxy) is 1. The molecule has 28 heavy (non-hydrogen) atoms. The summed E-state index contributed by atoms with van der Waals surface area (Å²) >= 11 is 0. The summed E-state index contributed by atoms with van der Waals surface area (Å²) in [7, 11) is 0.